The predicted molar refractivity (Wildman–Crippen MR) is 117 cm³/mol. The van der Waals surface area contributed by atoms with Crippen LogP contribution in [0.25, 0.3) is 11.2 Å². The number of halogens is 1. The molecule has 1 fully saturated rings. The van der Waals surface area contributed by atoms with E-state index in [9.17, 15) is 14.4 Å². The van der Waals surface area contributed by atoms with Crippen LogP contribution in [0, 0.1) is 11.3 Å². The topological polar surface area (TPSA) is 164 Å². The minimum atomic E-state index is -1.90. The van der Waals surface area contributed by atoms with Crippen molar-refractivity contribution in [2.24, 2.45) is 0 Å². The van der Waals surface area contributed by atoms with Gasteiger partial charge >= 0.3 is 17.6 Å². The number of fused-ring (bicyclic) bond motifs is 1. The Hall–Kier alpha value is -4.31. The first-order valence-electron chi connectivity index (χ1n) is 10.5. The summed E-state index contributed by atoms with van der Waals surface area (Å²) < 4.78 is 33.4. The second-order valence-electron chi connectivity index (χ2n) is 7.87. The summed E-state index contributed by atoms with van der Waals surface area (Å²) in [5.74, 6) is -1.58. The van der Waals surface area contributed by atoms with Crippen LogP contribution in [0.4, 0.5) is 10.3 Å². The molecule has 13 heteroatoms. The molecule has 4 rings (SSSR count). The Labute approximate surface area is 197 Å². The standard InChI is InChI=1S/C22H21FN6O6/c1-11(30)33-10-16-17(23)18(34-12(2)31)20(35-16)29-19-15(8-26-21(25)27-19)28(22(29)32)9-14-5-3-13(7-24)4-6-14/h3-6,8,16-18,20H,9-10H2,1-2H3,(H2,25,26,27)/t16-,17-,18-,20-/m1/s1. The number of nitrogen functional groups attached to an aromatic ring is 1. The van der Waals surface area contributed by atoms with E-state index in [0.717, 1.165) is 18.4 Å². The minimum Gasteiger partial charge on any atom is -0.463 e. The van der Waals surface area contributed by atoms with E-state index in [-0.39, 0.29) is 23.7 Å². The lowest BCUT2D eigenvalue weighted by atomic mass is 10.1. The zero-order valence-electron chi connectivity index (χ0n) is 18.8. The van der Waals surface area contributed by atoms with Gasteiger partial charge in [-0.15, -0.1) is 0 Å². The summed E-state index contributed by atoms with van der Waals surface area (Å²) in [6.07, 6.45) is -4.78. The summed E-state index contributed by atoms with van der Waals surface area (Å²) in [5.41, 5.74) is 6.57. The maximum absolute atomic E-state index is 15.2. The van der Waals surface area contributed by atoms with Crippen LogP contribution in [-0.4, -0.2) is 56.0 Å². The number of nitrogens with two attached hydrogens (primary N) is 1. The molecule has 3 aromatic rings. The Kier molecular flexibility index (Phi) is 6.48. The van der Waals surface area contributed by atoms with Crippen molar-refractivity contribution < 1.29 is 28.2 Å². The van der Waals surface area contributed by atoms with E-state index in [2.05, 4.69) is 9.97 Å². The third kappa shape index (κ3) is 4.69. The average Bonchev–Trinajstić information content (AvgIpc) is 3.25. The van der Waals surface area contributed by atoms with Crippen LogP contribution in [0.1, 0.15) is 31.2 Å². The van der Waals surface area contributed by atoms with Crippen molar-refractivity contribution >= 4 is 29.1 Å². The molecule has 1 aromatic carbocycles. The second-order valence-corrected chi connectivity index (χ2v) is 7.87. The number of anilines is 1. The molecule has 0 bridgehead atoms. The Morgan fingerprint density at radius 3 is 2.60 bits per heavy atom. The molecule has 3 heterocycles. The fourth-order valence-corrected chi connectivity index (χ4v) is 3.87. The van der Waals surface area contributed by atoms with Gasteiger partial charge in [0.25, 0.3) is 0 Å². The minimum absolute atomic E-state index is 0.0404. The predicted octanol–water partition coefficient (Wildman–Crippen LogP) is 0.825. The van der Waals surface area contributed by atoms with Gasteiger partial charge in [-0.25, -0.2) is 18.7 Å². The SMILES string of the molecule is CC(=O)OC[C@H]1O[C@@H](n2c(=O)n(Cc3ccc(C#N)cc3)c3cnc(N)nc32)[C@H](OC(C)=O)[C@@H]1F. The van der Waals surface area contributed by atoms with Gasteiger partial charge in [0.1, 0.15) is 18.2 Å². The molecule has 0 unspecified atom stereocenters. The number of imidazole rings is 1. The molecule has 1 aliphatic heterocycles. The molecule has 4 atom stereocenters. The van der Waals surface area contributed by atoms with Crippen LogP contribution in [0.2, 0.25) is 0 Å². The number of nitriles is 1. The number of benzene rings is 1. The summed E-state index contributed by atoms with van der Waals surface area (Å²) in [7, 11) is 0. The highest BCUT2D eigenvalue weighted by Gasteiger charge is 2.50. The fraction of sp³-hybridized carbons (Fsp3) is 0.364. The van der Waals surface area contributed by atoms with E-state index < -0.39 is 48.8 Å². The summed E-state index contributed by atoms with van der Waals surface area (Å²) in [4.78, 5) is 44.6. The van der Waals surface area contributed by atoms with Crippen LogP contribution in [-0.2, 0) is 30.3 Å². The lowest BCUT2D eigenvalue weighted by Gasteiger charge is -2.19. The Bertz CT molecular complexity index is 1380. The van der Waals surface area contributed by atoms with Gasteiger partial charge in [-0.2, -0.15) is 10.2 Å². The third-order valence-corrected chi connectivity index (χ3v) is 5.42. The summed E-state index contributed by atoms with van der Waals surface area (Å²) in [6, 6.07) is 8.61. The van der Waals surface area contributed by atoms with E-state index in [1.165, 1.54) is 10.8 Å². The quantitative estimate of drug-likeness (QED) is 0.495. The first-order valence-corrected chi connectivity index (χ1v) is 10.5. The number of carbonyl (C=O) groups is 2. The van der Waals surface area contributed by atoms with Crippen LogP contribution < -0.4 is 11.4 Å². The molecule has 0 radical (unpaired) electrons. The van der Waals surface area contributed by atoms with Gasteiger partial charge in [0.05, 0.1) is 24.4 Å². The van der Waals surface area contributed by atoms with Crippen molar-refractivity contribution in [3.8, 4) is 6.07 Å². The van der Waals surface area contributed by atoms with Crippen molar-refractivity contribution in [1.82, 2.24) is 19.1 Å². The Morgan fingerprint density at radius 2 is 1.97 bits per heavy atom. The molecule has 1 aliphatic rings. The van der Waals surface area contributed by atoms with Crippen LogP contribution in [0.5, 0.6) is 0 Å². The number of hydrogen-bond donors (Lipinski definition) is 1. The first kappa shape index (κ1) is 23.8. The van der Waals surface area contributed by atoms with E-state index in [4.69, 9.17) is 25.2 Å². The molecule has 0 amide bonds. The van der Waals surface area contributed by atoms with E-state index in [0.29, 0.717) is 11.1 Å². The van der Waals surface area contributed by atoms with Crippen molar-refractivity contribution in [2.45, 2.75) is 45.0 Å². The molecule has 1 saturated heterocycles. The van der Waals surface area contributed by atoms with Gasteiger partial charge in [-0.05, 0) is 17.7 Å². The molecular formula is C22H21FN6O6. The lowest BCUT2D eigenvalue weighted by molar-refractivity contribution is -0.154. The molecule has 12 nitrogen and oxygen atoms in total. The number of nitrogens with zero attached hydrogens (tertiary/aromatic N) is 5. The highest BCUT2D eigenvalue weighted by molar-refractivity contribution is 5.72. The second kappa shape index (κ2) is 9.51. The monoisotopic (exact) mass is 484 g/mol. The molecule has 2 aromatic heterocycles. The van der Waals surface area contributed by atoms with Gasteiger partial charge in [0, 0.05) is 13.8 Å². The van der Waals surface area contributed by atoms with Gasteiger partial charge in [-0.3, -0.25) is 14.2 Å². The fourth-order valence-electron chi connectivity index (χ4n) is 3.87. The lowest BCUT2D eigenvalue weighted by Crippen LogP contribution is -2.37. The Balaban J connectivity index is 1.80. The van der Waals surface area contributed by atoms with Crippen LogP contribution in [0.3, 0.4) is 0 Å². The number of hydrogen-bond acceptors (Lipinski definition) is 10. The van der Waals surface area contributed by atoms with Crippen molar-refractivity contribution in [2.75, 3.05) is 12.3 Å². The normalized spacial score (nSPS) is 21.5. The summed E-state index contributed by atoms with van der Waals surface area (Å²) >= 11 is 0. The van der Waals surface area contributed by atoms with Gasteiger partial charge in [-0.1, -0.05) is 12.1 Å². The number of ether oxygens (including phenoxy) is 3. The molecule has 2 N–H and O–H groups in total. The van der Waals surface area contributed by atoms with Crippen LogP contribution >= 0.6 is 0 Å². The zero-order valence-corrected chi connectivity index (χ0v) is 18.8. The van der Waals surface area contributed by atoms with E-state index in [1.54, 1.807) is 24.3 Å². The molecule has 35 heavy (non-hydrogen) atoms. The van der Waals surface area contributed by atoms with Crippen molar-refractivity contribution in [3.05, 3.63) is 52.1 Å². The number of esters is 2. The number of aromatic nitrogens is 4. The van der Waals surface area contributed by atoms with Gasteiger partial charge in [0.15, 0.2) is 24.2 Å². The van der Waals surface area contributed by atoms with E-state index >= 15 is 4.39 Å². The molecule has 0 spiro atoms. The highest BCUT2D eigenvalue weighted by atomic mass is 19.1. The van der Waals surface area contributed by atoms with Gasteiger partial charge < -0.3 is 19.9 Å². The molecular weight excluding hydrogens is 463 g/mol. The van der Waals surface area contributed by atoms with E-state index in [1.807, 2.05) is 6.07 Å². The summed E-state index contributed by atoms with van der Waals surface area (Å²) in [5, 5.41) is 9.01. The van der Waals surface area contributed by atoms with Gasteiger partial charge in [0.2, 0.25) is 5.95 Å². The number of rotatable bonds is 6. The third-order valence-electron chi connectivity index (χ3n) is 5.42. The van der Waals surface area contributed by atoms with Crippen molar-refractivity contribution in [1.29, 1.82) is 5.26 Å². The summed E-state index contributed by atoms with van der Waals surface area (Å²) in [6.45, 7) is 1.88. The zero-order chi connectivity index (χ0) is 25.3. The smallest absolute Gasteiger partial charge is 0.332 e. The Morgan fingerprint density at radius 1 is 1.26 bits per heavy atom. The largest absolute Gasteiger partial charge is 0.463 e. The molecule has 0 saturated carbocycles. The highest BCUT2D eigenvalue weighted by Crippen LogP contribution is 2.35. The average molecular weight is 484 g/mol. The van der Waals surface area contributed by atoms with Crippen molar-refractivity contribution in [3.63, 3.8) is 0 Å². The number of alkyl halides is 1. The van der Waals surface area contributed by atoms with Crippen LogP contribution in [0.15, 0.2) is 35.3 Å². The first-order chi connectivity index (χ1) is 16.7. The maximum Gasteiger partial charge on any atom is 0.332 e. The molecule has 182 valence electrons. The molecule has 0 aliphatic carbocycles. The maximum atomic E-state index is 15.2. The number of carbonyl (C=O) groups excluding carboxylic acids is 2.